The van der Waals surface area contributed by atoms with Crippen LogP contribution in [0, 0.1) is 16.0 Å². The van der Waals surface area contributed by atoms with E-state index in [1.165, 1.54) is 18.2 Å². The van der Waals surface area contributed by atoms with E-state index in [0.717, 1.165) is 19.3 Å². The van der Waals surface area contributed by atoms with Crippen LogP contribution in [0.25, 0.3) is 0 Å². The van der Waals surface area contributed by atoms with Crippen molar-refractivity contribution in [2.75, 3.05) is 5.73 Å². The minimum absolute atomic E-state index is 0.121. The summed E-state index contributed by atoms with van der Waals surface area (Å²) in [7, 11) is 0. The maximum atomic E-state index is 11.4. The van der Waals surface area contributed by atoms with E-state index in [0.29, 0.717) is 23.6 Å². The van der Waals surface area contributed by atoms with Crippen LogP contribution in [0.5, 0.6) is 0 Å². The number of anilines is 1. The van der Waals surface area contributed by atoms with Crippen LogP contribution >= 0.6 is 0 Å². The van der Waals surface area contributed by atoms with Gasteiger partial charge in [-0.15, -0.1) is 0 Å². The summed E-state index contributed by atoms with van der Waals surface area (Å²) in [4.78, 5) is 21.6. The summed E-state index contributed by atoms with van der Waals surface area (Å²) >= 11 is 0. The van der Waals surface area contributed by atoms with Crippen LogP contribution in [0.3, 0.4) is 0 Å². The Balaban J connectivity index is 2.31. The molecule has 6 nitrogen and oxygen atoms in total. The maximum absolute atomic E-state index is 11.4. The number of nitrogens with zero attached hydrogens (tertiary/aromatic N) is 1. The van der Waals surface area contributed by atoms with Gasteiger partial charge in [0.1, 0.15) is 0 Å². The Morgan fingerprint density at radius 2 is 2.21 bits per heavy atom. The molecule has 19 heavy (non-hydrogen) atoms. The van der Waals surface area contributed by atoms with Crippen LogP contribution in [-0.4, -0.2) is 16.0 Å². The van der Waals surface area contributed by atoms with Gasteiger partial charge in [0.2, 0.25) is 0 Å². The molecule has 1 unspecified atom stereocenters. The van der Waals surface area contributed by atoms with E-state index < -0.39 is 16.8 Å². The molecule has 0 amide bonds. The Morgan fingerprint density at radius 3 is 2.68 bits per heavy atom. The predicted molar refractivity (Wildman–Crippen MR) is 69.8 cm³/mol. The van der Waals surface area contributed by atoms with Crippen LogP contribution < -0.4 is 5.73 Å². The number of rotatable bonds is 5. The number of nitro groups is 1. The molecular formula is C13H16N2O4. The molecule has 1 aliphatic rings. The van der Waals surface area contributed by atoms with Gasteiger partial charge in [0.05, 0.1) is 10.8 Å². The van der Waals surface area contributed by atoms with Crippen LogP contribution in [0.2, 0.25) is 0 Å². The lowest BCUT2D eigenvalue weighted by Gasteiger charge is -2.28. The van der Waals surface area contributed by atoms with Gasteiger partial charge in [-0.1, -0.05) is 19.3 Å². The first-order valence-corrected chi connectivity index (χ1v) is 6.25. The number of nitro benzene ring substituents is 1. The average Bonchev–Trinajstić information content (AvgIpc) is 2.28. The summed E-state index contributed by atoms with van der Waals surface area (Å²) in [5, 5.41) is 20.1. The first-order chi connectivity index (χ1) is 8.99. The van der Waals surface area contributed by atoms with E-state index in [4.69, 9.17) is 5.73 Å². The normalized spacial score (nSPS) is 16.6. The highest BCUT2D eigenvalue weighted by atomic mass is 16.6. The second-order valence-corrected chi connectivity index (χ2v) is 4.99. The van der Waals surface area contributed by atoms with Crippen molar-refractivity contribution in [2.45, 2.75) is 31.6 Å². The molecule has 2 rings (SSSR count). The molecule has 1 aliphatic carbocycles. The van der Waals surface area contributed by atoms with Gasteiger partial charge in [0.25, 0.3) is 5.69 Å². The Hall–Kier alpha value is -2.11. The zero-order valence-electron chi connectivity index (χ0n) is 10.4. The third-order valence-corrected chi connectivity index (χ3v) is 3.75. The lowest BCUT2D eigenvalue weighted by Crippen LogP contribution is -2.21. The Kier molecular flexibility index (Phi) is 3.69. The molecule has 1 atom stereocenters. The Bertz CT molecular complexity index is 511. The number of aliphatic carboxylic acids is 1. The largest absolute Gasteiger partial charge is 0.481 e. The number of non-ortho nitro benzene ring substituents is 1. The van der Waals surface area contributed by atoms with E-state index in [2.05, 4.69) is 0 Å². The topological polar surface area (TPSA) is 106 Å². The molecule has 102 valence electrons. The molecular weight excluding hydrogens is 248 g/mol. The lowest BCUT2D eigenvalue weighted by molar-refractivity contribution is -0.384. The van der Waals surface area contributed by atoms with Crippen molar-refractivity contribution in [3.05, 3.63) is 33.9 Å². The number of carboxylic acids is 1. The van der Waals surface area contributed by atoms with E-state index >= 15 is 0 Å². The highest BCUT2D eigenvalue weighted by Crippen LogP contribution is 2.38. The van der Waals surface area contributed by atoms with Gasteiger partial charge in [0, 0.05) is 17.8 Å². The molecule has 0 heterocycles. The number of carbonyl (C=O) groups is 1. The molecule has 1 aromatic carbocycles. The van der Waals surface area contributed by atoms with Crippen LogP contribution in [0.1, 0.15) is 37.2 Å². The van der Waals surface area contributed by atoms with Crippen LogP contribution in [0.4, 0.5) is 11.4 Å². The molecule has 0 saturated heterocycles. The van der Waals surface area contributed by atoms with Crippen LogP contribution in [0.15, 0.2) is 18.2 Å². The molecule has 0 spiro atoms. The zero-order valence-corrected chi connectivity index (χ0v) is 10.4. The summed E-state index contributed by atoms with van der Waals surface area (Å²) < 4.78 is 0. The predicted octanol–water partition coefficient (Wildman–Crippen LogP) is 2.54. The first kappa shape index (κ1) is 13.3. The molecule has 1 saturated carbocycles. The molecule has 1 aromatic rings. The summed E-state index contributed by atoms with van der Waals surface area (Å²) in [6.07, 6.45) is 3.68. The third kappa shape index (κ3) is 2.83. The standard InChI is InChI=1S/C13H16N2O4/c14-12-5-4-9(15(18)19)7-10(12)11(13(16)17)6-8-2-1-3-8/h4-5,7-8,11H,1-3,6,14H2,(H,16,17). The smallest absolute Gasteiger partial charge is 0.311 e. The summed E-state index contributed by atoms with van der Waals surface area (Å²) in [5.41, 5.74) is 6.31. The summed E-state index contributed by atoms with van der Waals surface area (Å²) in [6.45, 7) is 0. The minimum Gasteiger partial charge on any atom is -0.481 e. The monoisotopic (exact) mass is 264 g/mol. The van der Waals surface area contributed by atoms with E-state index in [1.54, 1.807) is 0 Å². The molecule has 1 fully saturated rings. The second kappa shape index (κ2) is 5.26. The van der Waals surface area contributed by atoms with Gasteiger partial charge in [-0.3, -0.25) is 14.9 Å². The van der Waals surface area contributed by atoms with E-state index in [9.17, 15) is 20.0 Å². The highest BCUT2D eigenvalue weighted by Gasteiger charge is 2.29. The summed E-state index contributed by atoms with van der Waals surface area (Å²) in [6, 6.07) is 3.98. The molecule has 0 aromatic heterocycles. The summed E-state index contributed by atoms with van der Waals surface area (Å²) in [5.74, 6) is -1.34. The van der Waals surface area contributed by atoms with E-state index in [1.807, 2.05) is 0 Å². The van der Waals surface area contributed by atoms with E-state index in [-0.39, 0.29) is 5.69 Å². The number of nitrogen functional groups attached to an aromatic ring is 1. The molecule has 3 N–H and O–H groups in total. The van der Waals surface area contributed by atoms with Crippen molar-refractivity contribution in [3.8, 4) is 0 Å². The number of benzene rings is 1. The SMILES string of the molecule is Nc1ccc([N+](=O)[O-])cc1C(CC1CCC1)C(=O)O. The molecule has 0 bridgehead atoms. The third-order valence-electron chi connectivity index (χ3n) is 3.75. The average molecular weight is 264 g/mol. The Labute approximate surface area is 110 Å². The zero-order chi connectivity index (χ0) is 14.0. The van der Waals surface area contributed by atoms with Crippen molar-refractivity contribution in [1.82, 2.24) is 0 Å². The van der Waals surface area contributed by atoms with Crippen LogP contribution in [-0.2, 0) is 4.79 Å². The van der Waals surface area contributed by atoms with Crippen molar-refractivity contribution in [1.29, 1.82) is 0 Å². The molecule has 0 radical (unpaired) electrons. The Morgan fingerprint density at radius 1 is 1.53 bits per heavy atom. The number of hydrogen-bond donors (Lipinski definition) is 2. The van der Waals surface area contributed by atoms with Gasteiger partial charge in [-0.05, 0) is 24.0 Å². The fourth-order valence-corrected chi connectivity index (χ4v) is 2.40. The second-order valence-electron chi connectivity index (χ2n) is 4.99. The van der Waals surface area contributed by atoms with Gasteiger partial charge < -0.3 is 10.8 Å². The van der Waals surface area contributed by atoms with Crippen molar-refractivity contribution in [3.63, 3.8) is 0 Å². The van der Waals surface area contributed by atoms with Gasteiger partial charge >= 0.3 is 5.97 Å². The minimum atomic E-state index is -0.973. The molecule has 0 aliphatic heterocycles. The van der Waals surface area contributed by atoms with Gasteiger partial charge in [-0.2, -0.15) is 0 Å². The highest BCUT2D eigenvalue weighted by molar-refractivity contribution is 5.79. The van der Waals surface area contributed by atoms with Crippen molar-refractivity contribution < 1.29 is 14.8 Å². The van der Waals surface area contributed by atoms with Crippen molar-refractivity contribution in [2.24, 2.45) is 5.92 Å². The lowest BCUT2D eigenvalue weighted by atomic mass is 9.77. The molecule has 6 heteroatoms. The number of nitrogens with two attached hydrogens (primary N) is 1. The fraction of sp³-hybridized carbons (Fsp3) is 0.462. The van der Waals surface area contributed by atoms with Crippen molar-refractivity contribution >= 4 is 17.3 Å². The van der Waals surface area contributed by atoms with Gasteiger partial charge in [0.15, 0.2) is 0 Å². The number of carboxylic acid groups (broad SMARTS) is 1. The first-order valence-electron chi connectivity index (χ1n) is 6.25. The number of hydrogen-bond acceptors (Lipinski definition) is 4. The maximum Gasteiger partial charge on any atom is 0.311 e. The quantitative estimate of drug-likeness (QED) is 0.482. The van der Waals surface area contributed by atoms with Gasteiger partial charge in [-0.25, -0.2) is 0 Å². The fourth-order valence-electron chi connectivity index (χ4n) is 2.40.